The zero-order valence-electron chi connectivity index (χ0n) is 11.7. The molecule has 106 valence electrons. The fourth-order valence-corrected chi connectivity index (χ4v) is 2.43. The van der Waals surface area contributed by atoms with Gasteiger partial charge in [-0.25, -0.2) is 4.98 Å². The summed E-state index contributed by atoms with van der Waals surface area (Å²) in [6.07, 6.45) is 5.17. The second-order valence-electron chi connectivity index (χ2n) is 5.11. The maximum atomic E-state index is 5.91. The molecule has 1 aliphatic heterocycles. The van der Waals surface area contributed by atoms with E-state index in [2.05, 4.69) is 27.2 Å². The standard InChI is InChI=1S/C13H23N5O/c1-18-7-4-10(5-8-18)3-6-15-12-11(14)13(19-2)17-9-16-12/h9-10H,3-8,14H2,1-2H3,(H,15,16,17). The molecule has 3 N–H and O–H groups in total. The largest absolute Gasteiger partial charge is 0.479 e. The first kappa shape index (κ1) is 13.9. The van der Waals surface area contributed by atoms with Gasteiger partial charge in [0.1, 0.15) is 12.0 Å². The number of hydrogen-bond acceptors (Lipinski definition) is 6. The van der Waals surface area contributed by atoms with Gasteiger partial charge in [-0.3, -0.25) is 0 Å². The highest BCUT2D eigenvalue weighted by molar-refractivity contribution is 5.66. The molecule has 0 saturated carbocycles. The quantitative estimate of drug-likeness (QED) is 0.833. The molecule has 0 bridgehead atoms. The third-order valence-electron chi connectivity index (χ3n) is 3.72. The molecule has 0 aromatic carbocycles. The van der Waals surface area contributed by atoms with Crippen LogP contribution in [-0.4, -0.2) is 48.7 Å². The smallest absolute Gasteiger partial charge is 0.242 e. The van der Waals surface area contributed by atoms with Gasteiger partial charge in [-0.1, -0.05) is 0 Å². The second-order valence-corrected chi connectivity index (χ2v) is 5.11. The van der Waals surface area contributed by atoms with Crippen LogP contribution in [0.15, 0.2) is 6.33 Å². The molecule has 0 atom stereocenters. The maximum absolute atomic E-state index is 5.91. The topological polar surface area (TPSA) is 76.3 Å². The summed E-state index contributed by atoms with van der Waals surface area (Å²) in [7, 11) is 3.74. The number of piperidine rings is 1. The lowest BCUT2D eigenvalue weighted by atomic mass is 9.94. The van der Waals surface area contributed by atoms with Crippen molar-refractivity contribution < 1.29 is 4.74 Å². The van der Waals surface area contributed by atoms with E-state index in [1.807, 2.05) is 0 Å². The summed E-state index contributed by atoms with van der Waals surface area (Å²) in [4.78, 5) is 10.5. The van der Waals surface area contributed by atoms with Gasteiger partial charge in [0.05, 0.1) is 7.11 Å². The molecular weight excluding hydrogens is 242 g/mol. The van der Waals surface area contributed by atoms with Crippen LogP contribution in [0.1, 0.15) is 19.3 Å². The first-order valence-corrected chi connectivity index (χ1v) is 6.77. The van der Waals surface area contributed by atoms with Crippen molar-refractivity contribution in [2.75, 3.05) is 44.8 Å². The van der Waals surface area contributed by atoms with Crippen molar-refractivity contribution in [3.8, 4) is 5.88 Å². The lowest BCUT2D eigenvalue weighted by Crippen LogP contribution is -2.30. The average molecular weight is 265 g/mol. The summed E-state index contributed by atoms with van der Waals surface area (Å²) in [5.41, 5.74) is 6.39. The minimum absolute atomic E-state index is 0.428. The predicted molar refractivity (Wildman–Crippen MR) is 76.3 cm³/mol. The van der Waals surface area contributed by atoms with Gasteiger partial charge in [-0.15, -0.1) is 0 Å². The van der Waals surface area contributed by atoms with Crippen LogP contribution in [0.4, 0.5) is 11.5 Å². The number of rotatable bonds is 5. The number of nitrogens with two attached hydrogens (primary N) is 1. The number of hydrogen-bond donors (Lipinski definition) is 2. The Morgan fingerprint density at radius 1 is 1.42 bits per heavy atom. The molecule has 0 unspecified atom stereocenters. The SMILES string of the molecule is COc1ncnc(NCCC2CCN(C)CC2)c1N. The summed E-state index contributed by atoms with van der Waals surface area (Å²) in [6.45, 7) is 3.29. The van der Waals surface area contributed by atoms with E-state index < -0.39 is 0 Å². The highest BCUT2D eigenvalue weighted by Gasteiger charge is 2.16. The summed E-state index contributed by atoms with van der Waals surface area (Å²) in [5, 5.41) is 3.28. The summed E-state index contributed by atoms with van der Waals surface area (Å²) in [6, 6.07) is 0. The van der Waals surface area contributed by atoms with Crippen molar-refractivity contribution in [1.82, 2.24) is 14.9 Å². The Kier molecular flexibility index (Phi) is 4.79. The number of aromatic nitrogens is 2. The summed E-state index contributed by atoms with van der Waals surface area (Å²) < 4.78 is 5.07. The van der Waals surface area contributed by atoms with E-state index in [1.165, 1.54) is 32.3 Å². The molecular formula is C13H23N5O. The van der Waals surface area contributed by atoms with E-state index in [0.717, 1.165) is 18.9 Å². The van der Waals surface area contributed by atoms with Crippen LogP contribution < -0.4 is 15.8 Å². The Morgan fingerprint density at radius 3 is 2.84 bits per heavy atom. The van der Waals surface area contributed by atoms with Gasteiger partial charge in [-0.05, 0) is 45.3 Å². The molecule has 0 aliphatic carbocycles. The fraction of sp³-hybridized carbons (Fsp3) is 0.692. The first-order valence-electron chi connectivity index (χ1n) is 6.77. The average Bonchev–Trinajstić information content (AvgIpc) is 2.43. The van der Waals surface area contributed by atoms with Gasteiger partial charge in [0.2, 0.25) is 5.88 Å². The minimum atomic E-state index is 0.428. The molecule has 0 radical (unpaired) electrons. The number of nitrogens with one attached hydrogen (secondary N) is 1. The highest BCUT2D eigenvalue weighted by atomic mass is 16.5. The van der Waals surface area contributed by atoms with Crippen LogP contribution in [0.5, 0.6) is 5.88 Å². The molecule has 0 amide bonds. The van der Waals surface area contributed by atoms with Crippen molar-refractivity contribution >= 4 is 11.5 Å². The van der Waals surface area contributed by atoms with Gasteiger partial charge in [0.15, 0.2) is 5.82 Å². The molecule has 2 rings (SSSR count). The number of nitrogens with zero attached hydrogens (tertiary/aromatic N) is 3. The first-order chi connectivity index (χ1) is 9.20. The second kappa shape index (κ2) is 6.56. The van der Waals surface area contributed by atoms with E-state index in [1.54, 1.807) is 7.11 Å². The zero-order chi connectivity index (χ0) is 13.7. The Bertz CT molecular complexity index is 404. The van der Waals surface area contributed by atoms with Gasteiger partial charge in [0, 0.05) is 6.54 Å². The maximum Gasteiger partial charge on any atom is 0.242 e. The van der Waals surface area contributed by atoms with E-state index in [0.29, 0.717) is 17.4 Å². The summed E-state index contributed by atoms with van der Waals surface area (Å²) >= 11 is 0. The minimum Gasteiger partial charge on any atom is -0.479 e. The number of nitrogen functional groups attached to an aromatic ring is 1. The summed E-state index contributed by atoms with van der Waals surface area (Å²) in [5.74, 6) is 1.89. The van der Waals surface area contributed by atoms with Gasteiger partial charge in [0.25, 0.3) is 0 Å². The van der Waals surface area contributed by atoms with Gasteiger partial charge >= 0.3 is 0 Å². The molecule has 6 heteroatoms. The van der Waals surface area contributed by atoms with Crippen LogP contribution in [0.25, 0.3) is 0 Å². The van der Waals surface area contributed by atoms with Crippen LogP contribution in [0.3, 0.4) is 0 Å². The lowest BCUT2D eigenvalue weighted by Gasteiger charge is -2.28. The fourth-order valence-electron chi connectivity index (χ4n) is 2.43. The van der Waals surface area contributed by atoms with E-state index >= 15 is 0 Å². The van der Waals surface area contributed by atoms with Crippen molar-refractivity contribution in [2.45, 2.75) is 19.3 Å². The van der Waals surface area contributed by atoms with Crippen LogP contribution in [-0.2, 0) is 0 Å². The monoisotopic (exact) mass is 265 g/mol. The normalized spacial score (nSPS) is 17.4. The molecule has 1 aromatic rings. The number of likely N-dealkylation sites (tertiary alicyclic amines) is 1. The van der Waals surface area contributed by atoms with Crippen molar-refractivity contribution in [1.29, 1.82) is 0 Å². The zero-order valence-corrected chi connectivity index (χ0v) is 11.7. The van der Waals surface area contributed by atoms with Crippen molar-refractivity contribution in [2.24, 2.45) is 5.92 Å². The third kappa shape index (κ3) is 3.70. The highest BCUT2D eigenvalue weighted by Crippen LogP contribution is 2.25. The third-order valence-corrected chi connectivity index (χ3v) is 3.72. The molecule has 1 fully saturated rings. The number of anilines is 2. The molecule has 0 spiro atoms. The van der Waals surface area contributed by atoms with E-state index in [4.69, 9.17) is 10.5 Å². The number of ether oxygens (including phenoxy) is 1. The molecule has 19 heavy (non-hydrogen) atoms. The molecule has 1 saturated heterocycles. The Labute approximate surface area is 114 Å². The molecule has 2 heterocycles. The van der Waals surface area contributed by atoms with E-state index in [9.17, 15) is 0 Å². The molecule has 6 nitrogen and oxygen atoms in total. The molecule has 1 aromatic heterocycles. The van der Waals surface area contributed by atoms with Crippen LogP contribution >= 0.6 is 0 Å². The lowest BCUT2D eigenvalue weighted by molar-refractivity contribution is 0.215. The Morgan fingerprint density at radius 2 is 2.16 bits per heavy atom. The van der Waals surface area contributed by atoms with Crippen molar-refractivity contribution in [3.63, 3.8) is 0 Å². The molecule has 1 aliphatic rings. The van der Waals surface area contributed by atoms with Crippen LogP contribution in [0.2, 0.25) is 0 Å². The number of methoxy groups -OCH3 is 1. The van der Waals surface area contributed by atoms with E-state index in [-0.39, 0.29) is 0 Å². The predicted octanol–water partition coefficient (Wildman–Crippen LogP) is 1.21. The van der Waals surface area contributed by atoms with Crippen molar-refractivity contribution in [3.05, 3.63) is 6.33 Å². The Balaban J connectivity index is 1.79. The van der Waals surface area contributed by atoms with Gasteiger partial charge in [-0.2, -0.15) is 4.98 Å². The van der Waals surface area contributed by atoms with Crippen LogP contribution in [0, 0.1) is 5.92 Å². The Hall–Kier alpha value is -1.56. The van der Waals surface area contributed by atoms with Gasteiger partial charge < -0.3 is 20.7 Å².